The van der Waals surface area contributed by atoms with Crippen molar-refractivity contribution in [2.24, 2.45) is 0 Å². The van der Waals surface area contributed by atoms with Gasteiger partial charge < -0.3 is 14.6 Å². The summed E-state index contributed by atoms with van der Waals surface area (Å²) in [5, 5.41) is 2.98. The molecule has 1 amide bonds. The summed E-state index contributed by atoms with van der Waals surface area (Å²) in [6.07, 6.45) is 1.66. The largest absolute Gasteiger partial charge is 0.463 e. The van der Waals surface area contributed by atoms with Crippen LogP contribution in [0.5, 0.6) is 0 Å². The summed E-state index contributed by atoms with van der Waals surface area (Å²) >= 11 is 0. The van der Waals surface area contributed by atoms with Crippen LogP contribution < -0.4 is 10.2 Å². The first-order chi connectivity index (χ1) is 9.58. The van der Waals surface area contributed by atoms with Crippen LogP contribution in [0.15, 0.2) is 47.1 Å². The Kier molecular flexibility index (Phi) is 4.58. The molecule has 0 fully saturated rings. The maximum Gasteiger partial charge on any atom is 0.251 e. The second-order valence-electron chi connectivity index (χ2n) is 5.22. The Morgan fingerprint density at radius 2 is 2.10 bits per heavy atom. The molecule has 1 aromatic carbocycles. The van der Waals surface area contributed by atoms with Gasteiger partial charge in [-0.15, -0.1) is 0 Å². The van der Waals surface area contributed by atoms with Gasteiger partial charge in [0.05, 0.1) is 26.9 Å². The third kappa shape index (κ3) is 3.48. The van der Waals surface area contributed by atoms with Gasteiger partial charge in [-0.2, -0.15) is 0 Å². The SMILES string of the molecule is Cc1cccc(C(=O)NC[C@H](c2ccco2)[NH+](C)C)c1. The van der Waals surface area contributed by atoms with E-state index in [1.165, 1.54) is 4.90 Å². The monoisotopic (exact) mass is 273 g/mol. The Morgan fingerprint density at radius 3 is 2.70 bits per heavy atom. The second-order valence-corrected chi connectivity index (χ2v) is 5.22. The van der Waals surface area contributed by atoms with Gasteiger partial charge in [0.2, 0.25) is 0 Å². The van der Waals surface area contributed by atoms with E-state index in [0.29, 0.717) is 12.1 Å². The van der Waals surface area contributed by atoms with Gasteiger partial charge >= 0.3 is 0 Å². The molecule has 4 nitrogen and oxygen atoms in total. The number of carbonyl (C=O) groups is 1. The molecule has 2 aromatic rings. The fourth-order valence-corrected chi connectivity index (χ4v) is 2.16. The molecular formula is C16H21N2O2+. The van der Waals surface area contributed by atoms with Crippen LogP contribution in [0, 0.1) is 6.92 Å². The number of quaternary nitrogens is 1. The normalized spacial score (nSPS) is 12.4. The van der Waals surface area contributed by atoms with E-state index in [4.69, 9.17) is 4.42 Å². The smallest absolute Gasteiger partial charge is 0.251 e. The van der Waals surface area contributed by atoms with Crippen molar-refractivity contribution in [1.82, 2.24) is 5.32 Å². The number of nitrogens with one attached hydrogen (secondary N) is 2. The van der Waals surface area contributed by atoms with Gasteiger partial charge in [0.15, 0.2) is 11.8 Å². The van der Waals surface area contributed by atoms with Crippen LogP contribution >= 0.6 is 0 Å². The van der Waals surface area contributed by atoms with Gasteiger partial charge in [-0.3, -0.25) is 4.79 Å². The molecule has 0 unspecified atom stereocenters. The molecular weight excluding hydrogens is 252 g/mol. The van der Waals surface area contributed by atoms with Crippen molar-refractivity contribution in [3.05, 3.63) is 59.5 Å². The molecule has 1 aromatic heterocycles. The van der Waals surface area contributed by atoms with E-state index < -0.39 is 0 Å². The molecule has 106 valence electrons. The first-order valence-corrected chi connectivity index (χ1v) is 6.76. The standard InChI is InChI=1S/C16H20N2O2/c1-12-6-4-7-13(10-12)16(19)17-11-14(18(2)3)15-8-5-9-20-15/h4-10,14H,11H2,1-3H3,(H,17,19)/p+1/t14-/m1/s1. The van der Waals surface area contributed by atoms with Gasteiger partial charge in [-0.05, 0) is 31.2 Å². The van der Waals surface area contributed by atoms with E-state index in [0.717, 1.165) is 11.3 Å². The number of aryl methyl sites for hydroxylation is 1. The van der Waals surface area contributed by atoms with Gasteiger partial charge in [-0.1, -0.05) is 17.7 Å². The van der Waals surface area contributed by atoms with Crippen molar-refractivity contribution in [3.63, 3.8) is 0 Å². The Morgan fingerprint density at radius 1 is 1.30 bits per heavy atom. The zero-order chi connectivity index (χ0) is 14.5. The molecule has 20 heavy (non-hydrogen) atoms. The number of likely N-dealkylation sites (N-methyl/N-ethyl adjacent to an activating group) is 1. The maximum absolute atomic E-state index is 12.1. The third-order valence-corrected chi connectivity index (χ3v) is 3.33. The molecule has 0 saturated heterocycles. The highest BCUT2D eigenvalue weighted by Gasteiger charge is 2.21. The van der Waals surface area contributed by atoms with Crippen molar-refractivity contribution in [2.45, 2.75) is 13.0 Å². The summed E-state index contributed by atoms with van der Waals surface area (Å²) in [6.45, 7) is 2.52. The van der Waals surface area contributed by atoms with Crippen LogP contribution in [0.3, 0.4) is 0 Å². The maximum atomic E-state index is 12.1. The van der Waals surface area contributed by atoms with Crippen molar-refractivity contribution in [1.29, 1.82) is 0 Å². The Balaban J connectivity index is 2.01. The molecule has 0 aliphatic heterocycles. The molecule has 0 saturated carbocycles. The Hall–Kier alpha value is -2.07. The van der Waals surface area contributed by atoms with E-state index in [2.05, 4.69) is 5.32 Å². The van der Waals surface area contributed by atoms with Crippen LogP contribution in [0.1, 0.15) is 27.7 Å². The lowest BCUT2D eigenvalue weighted by molar-refractivity contribution is -0.891. The fraction of sp³-hybridized carbons (Fsp3) is 0.312. The molecule has 0 aliphatic carbocycles. The first-order valence-electron chi connectivity index (χ1n) is 6.76. The van der Waals surface area contributed by atoms with Gasteiger partial charge in [0, 0.05) is 5.56 Å². The van der Waals surface area contributed by atoms with E-state index >= 15 is 0 Å². The average Bonchev–Trinajstić information content (AvgIpc) is 2.92. The third-order valence-electron chi connectivity index (χ3n) is 3.33. The number of rotatable bonds is 5. The number of hydrogen-bond donors (Lipinski definition) is 2. The van der Waals surface area contributed by atoms with E-state index in [9.17, 15) is 4.79 Å². The highest BCUT2D eigenvalue weighted by atomic mass is 16.3. The van der Waals surface area contributed by atoms with Gasteiger partial charge in [0.1, 0.15) is 0 Å². The predicted octanol–water partition coefficient (Wildman–Crippen LogP) is 1.20. The highest BCUT2D eigenvalue weighted by Crippen LogP contribution is 2.09. The predicted molar refractivity (Wildman–Crippen MR) is 77.8 cm³/mol. The number of amides is 1. The molecule has 4 heteroatoms. The average molecular weight is 273 g/mol. The lowest BCUT2D eigenvalue weighted by atomic mass is 10.1. The minimum Gasteiger partial charge on any atom is -0.463 e. The van der Waals surface area contributed by atoms with Crippen molar-refractivity contribution >= 4 is 5.91 Å². The molecule has 0 spiro atoms. The fourth-order valence-electron chi connectivity index (χ4n) is 2.16. The summed E-state index contributed by atoms with van der Waals surface area (Å²) < 4.78 is 5.44. The van der Waals surface area contributed by atoms with Gasteiger partial charge in [0.25, 0.3) is 5.91 Å². The van der Waals surface area contributed by atoms with Crippen LogP contribution in [-0.4, -0.2) is 26.5 Å². The highest BCUT2D eigenvalue weighted by molar-refractivity contribution is 5.94. The lowest BCUT2D eigenvalue weighted by Gasteiger charge is -2.19. The number of benzene rings is 1. The molecule has 1 heterocycles. The zero-order valence-corrected chi connectivity index (χ0v) is 12.1. The Labute approximate surface area is 119 Å². The molecule has 0 radical (unpaired) electrons. The Bertz CT molecular complexity index is 562. The van der Waals surface area contributed by atoms with E-state index in [-0.39, 0.29) is 11.9 Å². The molecule has 2 N–H and O–H groups in total. The summed E-state index contributed by atoms with van der Waals surface area (Å²) in [4.78, 5) is 13.4. The second kappa shape index (κ2) is 6.39. The van der Waals surface area contributed by atoms with Crippen LogP contribution in [0.25, 0.3) is 0 Å². The number of hydrogen-bond acceptors (Lipinski definition) is 2. The molecule has 0 aliphatic rings. The van der Waals surface area contributed by atoms with Crippen molar-refractivity contribution in [3.8, 4) is 0 Å². The summed E-state index contributed by atoms with van der Waals surface area (Å²) in [5.41, 5.74) is 1.77. The number of carbonyl (C=O) groups excluding carboxylic acids is 1. The van der Waals surface area contributed by atoms with Crippen LogP contribution in [-0.2, 0) is 0 Å². The van der Waals surface area contributed by atoms with E-state index in [1.807, 2.05) is 57.4 Å². The first kappa shape index (κ1) is 14.3. The summed E-state index contributed by atoms with van der Waals surface area (Å²) in [5.74, 6) is 0.834. The van der Waals surface area contributed by atoms with Gasteiger partial charge in [-0.25, -0.2) is 0 Å². The van der Waals surface area contributed by atoms with Crippen molar-refractivity contribution in [2.75, 3.05) is 20.6 Å². The quantitative estimate of drug-likeness (QED) is 0.860. The van der Waals surface area contributed by atoms with E-state index in [1.54, 1.807) is 6.26 Å². The lowest BCUT2D eigenvalue weighted by Crippen LogP contribution is -3.07. The summed E-state index contributed by atoms with van der Waals surface area (Å²) in [7, 11) is 4.10. The summed E-state index contributed by atoms with van der Waals surface area (Å²) in [6, 6.07) is 11.5. The molecule has 1 atom stereocenters. The van der Waals surface area contributed by atoms with Crippen molar-refractivity contribution < 1.29 is 14.1 Å². The molecule has 0 bridgehead atoms. The number of furan rings is 1. The minimum absolute atomic E-state index is 0.0495. The van der Waals surface area contributed by atoms with Crippen LogP contribution in [0.2, 0.25) is 0 Å². The minimum atomic E-state index is -0.0495. The van der Waals surface area contributed by atoms with Crippen LogP contribution in [0.4, 0.5) is 0 Å². The topological polar surface area (TPSA) is 46.7 Å². The molecule has 2 rings (SSSR count). The zero-order valence-electron chi connectivity index (χ0n) is 12.1.